The third kappa shape index (κ3) is 2.70. The fourth-order valence-corrected chi connectivity index (χ4v) is 2.95. The summed E-state index contributed by atoms with van der Waals surface area (Å²) in [5, 5.41) is -0.278. The second-order valence-corrected chi connectivity index (χ2v) is 6.61. The number of aromatic nitrogens is 2. The SMILES string of the molecule is Cc1cc(F)cc(-n2c(C(C)Cl)nc3cc(Br)ccc32)c1. The van der Waals surface area contributed by atoms with Gasteiger partial charge in [0.25, 0.3) is 0 Å². The number of benzene rings is 2. The zero-order valence-corrected chi connectivity index (χ0v) is 13.9. The highest BCUT2D eigenvalue weighted by Crippen LogP contribution is 2.30. The van der Waals surface area contributed by atoms with Gasteiger partial charge in [-0.1, -0.05) is 15.9 Å². The van der Waals surface area contributed by atoms with Gasteiger partial charge in [0.1, 0.15) is 11.6 Å². The average molecular weight is 368 g/mol. The van der Waals surface area contributed by atoms with E-state index in [-0.39, 0.29) is 11.2 Å². The molecule has 0 saturated heterocycles. The Kier molecular flexibility index (Phi) is 3.76. The molecule has 0 aliphatic heterocycles. The van der Waals surface area contributed by atoms with E-state index < -0.39 is 0 Å². The van der Waals surface area contributed by atoms with Crippen LogP contribution in [0.25, 0.3) is 16.7 Å². The van der Waals surface area contributed by atoms with Gasteiger partial charge >= 0.3 is 0 Å². The van der Waals surface area contributed by atoms with Crippen molar-refractivity contribution in [1.29, 1.82) is 0 Å². The van der Waals surface area contributed by atoms with Gasteiger partial charge < -0.3 is 0 Å². The largest absolute Gasteiger partial charge is 0.295 e. The minimum absolute atomic E-state index is 0.267. The van der Waals surface area contributed by atoms with Crippen LogP contribution in [0.1, 0.15) is 23.7 Å². The van der Waals surface area contributed by atoms with Gasteiger partial charge in [-0.05, 0) is 55.8 Å². The van der Waals surface area contributed by atoms with Crippen molar-refractivity contribution in [3.05, 3.63) is 58.1 Å². The van der Waals surface area contributed by atoms with Crippen LogP contribution >= 0.6 is 27.5 Å². The topological polar surface area (TPSA) is 17.8 Å². The molecule has 0 N–H and O–H groups in total. The standard InChI is InChI=1S/C16H13BrClFN2/c1-9-5-12(19)8-13(6-9)21-15-4-3-11(17)7-14(15)20-16(21)10(2)18/h3-8,10H,1-2H3. The van der Waals surface area contributed by atoms with Crippen LogP contribution in [0, 0.1) is 12.7 Å². The zero-order chi connectivity index (χ0) is 15.1. The number of nitrogens with zero attached hydrogens (tertiary/aromatic N) is 2. The third-order valence-corrected chi connectivity index (χ3v) is 3.97. The lowest BCUT2D eigenvalue weighted by Crippen LogP contribution is -2.02. The summed E-state index contributed by atoms with van der Waals surface area (Å²) in [4.78, 5) is 4.59. The van der Waals surface area contributed by atoms with Crippen molar-refractivity contribution < 1.29 is 4.39 Å². The molecule has 0 bridgehead atoms. The van der Waals surface area contributed by atoms with E-state index in [2.05, 4.69) is 20.9 Å². The Balaban J connectivity index is 2.36. The number of hydrogen-bond acceptors (Lipinski definition) is 1. The van der Waals surface area contributed by atoms with Crippen molar-refractivity contribution in [2.45, 2.75) is 19.2 Å². The molecule has 0 fully saturated rings. The molecular weight excluding hydrogens is 355 g/mol. The molecule has 0 spiro atoms. The highest BCUT2D eigenvalue weighted by atomic mass is 79.9. The van der Waals surface area contributed by atoms with Crippen LogP contribution in [0.3, 0.4) is 0 Å². The van der Waals surface area contributed by atoms with Crippen molar-refractivity contribution in [2.24, 2.45) is 0 Å². The van der Waals surface area contributed by atoms with Crippen LogP contribution in [0.2, 0.25) is 0 Å². The first-order chi connectivity index (χ1) is 9.95. The number of hydrogen-bond donors (Lipinski definition) is 0. The number of halogens is 3. The second kappa shape index (κ2) is 5.43. The van der Waals surface area contributed by atoms with E-state index in [1.165, 1.54) is 12.1 Å². The minimum Gasteiger partial charge on any atom is -0.295 e. The molecule has 2 aromatic carbocycles. The Morgan fingerprint density at radius 2 is 2.00 bits per heavy atom. The lowest BCUT2D eigenvalue weighted by Gasteiger charge is -2.11. The minimum atomic E-state index is -0.278. The highest BCUT2D eigenvalue weighted by molar-refractivity contribution is 9.10. The van der Waals surface area contributed by atoms with Gasteiger partial charge in [0, 0.05) is 4.47 Å². The zero-order valence-electron chi connectivity index (χ0n) is 11.6. The first-order valence-electron chi connectivity index (χ1n) is 6.55. The molecule has 0 saturated carbocycles. The normalized spacial score (nSPS) is 12.8. The number of alkyl halides is 1. The van der Waals surface area contributed by atoms with E-state index in [1.807, 2.05) is 42.7 Å². The summed E-state index contributed by atoms with van der Waals surface area (Å²) in [6.07, 6.45) is 0. The van der Waals surface area contributed by atoms with E-state index in [0.29, 0.717) is 5.82 Å². The second-order valence-electron chi connectivity index (χ2n) is 5.04. The molecule has 1 unspecified atom stereocenters. The molecule has 1 atom stereocenters. The molecule has 1 heterocycles. The van der Waals surface area contributed by atoms with Crippen molar-refractivity contribution in [2.75, 3.05) is 0 Å². The number of rotatable bonds is 2. The first-order valence-corrected chi connectivity index (χ1v) is 7.78. The van der Waals surface area contributed by atoms with Gasteiger partial charge in [-0.15, -0.1) is 11.6 Å². The quantitative estimate of drug-likeness (QED) is 0.544. The molecule has 5 heteroatoms. The number of aryl methyl sites for hydroxylation is 1. The molecule has 0 aliphatic carbocycles. The lowest BCUT2D eigenvalue weighted by molar-refractivity contribution is 0.625. The predicted octanol–water partition coefficient (Wildman–Crippen LogP) is 5.54. The molecule has 0 amide bonds. The van der Waals surface area contributed by atoms with Crippen molar-refractivity contribution >= 4 is 38.6 Å². The Morgan fingerprint density at radius 3 is 2.67 bits per heavy atom. The number of fused-ring (bicyclic) bond motifs is 1. The lowest BCUT2D eigenvalue weighted by atomic mass is 10.2. The van der Waals surface area contributed by atoms with E-state index >= 15 is 0 Å². The van der Waals surface area contributed by atoms with E-state index in [0.717, 1.165) is 26.8 Å². The summed E-state index contributed by atoms with van der Waals surface area (Å²) in [5.41, 5.74) is 3.33. The van der Waals surface area contributed by atoms with Crippen molar-refractivity contribution in [3.63, 3.8) is 0 Å². The van der Waals surface area contributed by atoms with E-state index in [1.54, 1.807) is 0 Å². The molecule has 3 rings (SSSR count). The van der Waals surface area contributed by atoms with Gasteiger partial charge in [0.2, 0.25) is 0 Å². The maximum atomic E-state index is 13.7. The van der Waals surface area contributed by atoms with Crippen molar-refractivity contribution in [3.8, 4) is 5.69 Å². The summed E-state index contributed by atoms with van der Waals surface area (Å²) in [5.74, 6) is 0.437. The van der Waals surface area contributed by atoms with Gasteiger partial charge in [0.15, 0.2) is 0 Å². The van der Waals surface area contributed by atoms with Crippen LogP contribution in [0.5, 0.6) is 0 Å². The van der Waals surface area contributed by atoms with Crippen molar-refractivity contribution in [1.82, 2.24) is 9.55 Å². The smallest absolute Gasteiger partial charge is 0.132 e. The fourth-order valence-electron chi connectivity index (χ4n) is 2.46. The third-order valence-electron chi connectivity index (χ3n) is 3.28. The van der Waals surface area contributed by atoms with Gasteiger partial charge in [0.05, 0.1) is 22.1 Å². The van der Waals surface area contributed by atoms with E-state index in [4.69, 9.17) is 11.6 Å². The van der Waals surface area contributed by atoms with Gasteiger partial charge in [-0.3, -0.25) is 4.57 Å². The van der Waals surface area contributed by atoms with Crippen LogP contribution < -0.4 is 0 Å². The molecule has 0 aliphatic rings. The summed E-state index contributed by atoms with van der Waals surface area (Å²) in [6, 6.07) is 10.8. The molecule has 1 aromatic heterocycles. The van der Waals surface area contributed by atoms with Gasteiger partial charge in [-0.2, -0.15) is 0 Å². The van der Waals surface area contributed by atoms with Crippen LogP contribution in [0.4, 0.5) is 4.39 Å². The Hall–Kier alpha value is -1.39. The van der Waals surface area contributed by atoms with Crippen LogP contribution in [0.15, 0.2) is 40.9 Å². The summed E-state index contributed by atoms with van der Waals surface area (Å²) in [7, 11) is 0. The molecule has 108 valence electrons. The highest BCUT2D eigenvalue weighted by Gasteiger charge is 2.17. The molecule has 2 nitrogen and oxygen atoms in total. The van der Waals surface area contributed by atoms with Crippen LogP contribution in [-0.2, 0) is 0 Å². The van der Waals surface area contributed by atoms with Gasteiger partial charge in [-0.25, -0.2) is 9.37 Å². The van der Waals surface area contributed by atoms with E-state index in [9.17, 15) is 4.39 Å². The maximum absolute atomic E-state index is 13.7. The predicted molar refractivity (Wildman–Crippen MR) is 87.7 cm³/mol. The molecular formula is C16H13BrClFN2. The summed E-state index contributed by atoms with van der Waals surface area (Å²) >= 11 is 9.70. The maximum Gasteiger partial charge on any atom is 0.132 e. The Labute approximate surface area is 135 Å². The molecule has 3 aromatic rings. The number of imidazole rings is 1. The summed E-state index contributed by atoms with van der Waals surface area (Å²) < 4.78 is 16.6. The average Bonchev–Trinajstić information content (AvgIpc) is 2.76. The van der Waals surface area contributed by atoms with Crippen LogP contribution in [-0.4, -0.2) is 9.55 Å². The first kappa shape index (κ1) is 14.5. The Morgan fingerprint density at radius 1 is 1.24 bits per heavy atom. The monoisotopic (exact) mass is 366 g/mol. The fraction of sp³-hybridized carbons (Fsp3) is 0.188. The molecule has 0 radical (unpaired) electrons. The Bertz CT molecular complexity index is 806. The summed E-state index contributed by atoms with van der Waals surface area (Å²) in [6.45, 7) is 3.73. The molecule has 21 heavy (non-hydrogen) atoms.